The Labute approximate surface area is 87.5 Å². The van der Waals surface area contributed by atoms with Crippen molar-refractivity contribution in [2.24, 2.45) is 5.41 Å². The van der Waals surface area contributed by atoms with E-state index < -0.39 is 17.5 Å². The zero-order valence-corrected chi connectivity index (χ0v) is 9.00. The van der Waals surface area contributed by atoms with Gasteiger partial charge in [-0.25, -0.2) is 0 Å². The SMILES string of the molecule is CC(C)(CO)[C@@H](O)C(=O)[O-].[Na+]. The molecule has 0 radical (unpaired) electrons. The quantitative estimate of drug-likeness (QED) is 0.416. The van der Waals surface area contributed by atoms with Crippen LogP contribution in [0.1, 0.15) is 13.8 Å². The number of carboxylic acid groups (broad SMARTS) is 1. The molecule has 0 fully saturated rings. The van der Waals surface area contributed by atoms with Gasteiger partial charge in [0.15, 0.2) is 0 Å². The van der Waals surface area contributed by atoms with E-state index in [1.807, 2.05) is 0 Å². The molecule has 1 atom stereocenters. The maximum Gasteiger partial charge on any atom is 1.00 e. The monoisotopic (exact) mass is 170 g/mol. The third-order valence-corrected chi connectivity index (χ3v) is 1.37. The van der Waals surface area contributed by atoms with Gasteiger partial charge >= 0.3 is 29.6 Å². The minimum absolute atomic E-state index is 0. The molecule has 0 spiro atoms. The van der Waals surface area contributed by atoms with Crippen LogP contribution in [0.15, 0.2) is 0 Å². The Morgan fingerprint density at radius 1 is 1.64 bits per heavy atom. The second-order valence-corrected chi connectivity index (χ2v) is 2.87. The Balaban J connectivity index is 0. The van der Waals surface area contributed by atoms with E-state index in [9.17, 15) is 9.90 Å². The average molecular weight is 170 g/mol. The minimum Gasteiger partial charge on any atom is -0.547 e. The van der Waals surface area contributed by atoms with Crippen LogP contribution in [-0.4, -0.2) is 28.9 Å². The van der Waals surface area contributed by atoms with Crippen LogP contribution in [-0.2, 0) is 4.79 Å². The summed E-state index contributed by atoms with van der Waals surface area (Å²) in [5, 5.41) is 27.4. The Bertz CT molecular complexity index is 135. The van der Waals surface area contributed by atoms with Crippen molar-refractivity contribution < 1.29 is 49.7 Å². The molecule has 5 heteroatoms. The largest absolute Gasteiger partial charge is 1.00 e. The first kappa shape index (κ1) is 13.9. The van der Waals surface area contributed by atoms with E-state index in [1.54, 1.807) is 0 Å². The zero-order valence-electron chi connectivity index (χ0n) is 7.00. The number of carbonyl (C=O) groups excluding carboxylic acids is 1. The van der Waals surface area contributed by atoms with Gasteiger partial charge in [0, 0.05) is 5.41 Å². The summed E-state index contributed by atoms with van der Waals surface area (Å²) in [6, 6.07) is 0. The van der Waals surface area contributed by atoms with Gasteiger partial charge in [0.1, 0.15) is 6.10 Å². The minimum atomic E-state index is -1.61. The molecule has 0 saturated carbocycles. The van der Waals surface area contributed by atoms with Gasteiger partial charge in [-0.1, -0.05) is 13.8 Å². The normalized spacial score (nSPS) is 13.5. The zero-order chi connectivity index (χ0) is 8.36. The second-order valence-electron chi connectivity index (χ2n) is 2.87. The molecule has 0 aliphatic rings. The van der Waals surface area contributed by atoms with Gasteiger partial charge < -0.3 is 20.1 Å². The van der Waals surface area contributed by atoms with Crippen molar-refractivity contribution in [3.05, 3.63) is 0 Å². The van der Waals surface area contributed by atoms with Crippen LogP contribution in [0.4, 0.5) is 0 Å². The van der Waals surface area contributed by atoms with Gasteiger partial charge in [0.2, 0.25) is 0 Å². The summed E-state index contributed by atoms with van der Waals surface area (Å²) >= 11 is 0. The summed E-state index contributed by atoms with van der Waals surface area (Å²) in [6.07, 6.45) is -1.61. The first-order valence-electron chi connectivity index (χ1n) is 2.91. The predicted octanol–water partition coefficient (Wildman–Crippen LogP) is -4.88. The smallest absolute Gasteiger partial charge is 0.547 e. The summed E-state index contributed by atoms with van der Waals surface area (Å²) in [6.45, 7) is 2.49. The van der Waals surface area contributed by atoms with E-state index in [4.69, 9.17) is 10.2 Å². The Morgan fingerprint density at radius 2 is 2.00 bits per heavy atom. The van der Waals surface area contributed by atoms with Crippen LogP contribution >= 0.6 is 0 Å². The van der Waals surface area contributed by atoms with Crippen molar-refractivity contribution in [3.8, 4) is 0 Å². The maximum absolute atomic E-state index is 10.0. The van der Waals surface area contributed by atoms with Crippen LogP contribution in [0.3, 0.4) is 0 Å². The molecular weight excluding hydrogens is 159 g/mol. The fourth-order valence-corrected chi connectivity index (χ4v) is 0.406. The van der Waals surface area contributed by atoms with Crippen molar-refractivity contribution in [2.75, 3.05) is 6.61 Å². The van der Waals surface area contributed by atoms with Gasteiger partial charge in [-0.2, -0.15) is 0 Å². The summed E-state index contributed by atoms with van der Waals surface area (Å²) in [7, 11) is 0. The van der Waals surface area contributed by atoms with Gasteiger partial charge in [0.25, 0.3) is 0 Å². The number of carboxylic acids is 1. The molecule has 0 aromatic rings. The van der Waals surface area contributed by atoms with E-state index in [0.717, 1.165) is 0 Å². The Hall–Kier alpha value is 0.390. The van der Waals surface area contributed by atoms with Crippen molar-refractivity contribution in [3.63, 3.8) is 0 Å². The van der Waals surface area contributed by atoms with Crippen LogP contribution in [0.2, 0.25) is 0 Å². The number of aliphatic hydroxyl groups is 2. The van der Waals surface area contributed by atoms with E-state index in [0.29, 0.717) is 0 Å². The van der Waals surface area contributed by atoms with Crippen LogP contribution in [0, 0.1) is 5.41 Å². The summed E-state index contributed by atoms with van der Waals surface area (Å²) in [5.41, 5.74) is -1.03. The number of carbonyl (C=O) groups is 1. The molecule has 0 aromatic heterocycles. The van der Waals surface area contributed by atoms with Gasteiger partial charge in [-0.05, 0) is 0 Å². The Morgan fingerprint density at radius 3 is 2.09 bits per heavy atom. The molecule has 0 saturated heterocycles. The average Bonchev–Trinajstić information content (AvgIpc) is 1.86. The molecule has 4 nitrogen and oxygen atoms in total. The van der Waals surface area contributed by atoms with Crippen LogP contribution in [0.5, 0.6) is 0 Å². The predicted molar refractivity (Wildman–Crippen MR) is 31.9 cm³/mol. The topological polar surface area (TPSA) is 80.6 Å². The molecule has 2 N–H and O–H groups in total. The van der Waals surface area contributed by atoms with E-state index >= 15 is 0 Å². The van der Waals surface area contributed by atoms with Crippen molar-refractivity contribution in [1.82, 2.24) is 0 Å². The third-order valence-electron chi connectivity index (χ3n) is 1.37. The molecule has 0 aliphatic carbocycles. The fourth-order valence-electron chi connectivity index (χ4n) is 0.406. The van der Waals surface area contributed by atoms with Gasteiger partial charge in [0.05, 0.1) is 12.6 Å². The third kappa shape index (κ3) is 4.08. The summed E-state index contributed by atoms with van der Waals surface area (Å²) < 4.78 is 0. The number of aliphatic hydroxyl groups excluding tert-OH is 2. The first-order chi connectivity index (χ1) is 4.41. The maximum atomic E-state index is 10.0. The number of rotatable bonds is 3. The van der Waals surface area contributed by atoms with Crippen molar-refractivity contribution in [1.29, 1.82) is 0 Å². The number of aliphatic carboxylic acids is 1. The molecule has 0 amide bonds. The number of hydrogen-bond donors (Lipinski definition) is 2. The standard InChI is InChI=1S/C6H12O4.Na/c1-6(2,3-7)4(8)5(9)10;/h4,7-8H,3H2,1-2H3,(H,9,10);/q;+1/p-1/t4-;/m0./s1. The summed E-state index contributed by atoms with van der Waals surface area (Å²) in [4.78, 5) is 10.0. The van der Waals surface area contributed by atoms with Gasteiger partial charge in [-0.3, -0.25) is 0 Å². The second kappa shape index (κ2) is 5.11. The molecule has 0 aliphatic heterocycles. The summed E-state index contributed by atoms with van der Waals surface area (Å²) in [5.74, 6) is -1.56. The van der Waals surface area contributed by atoms with E-state index in [-0.39, 0.29) is 36.2 Å². The van der Waals surface area contributed by atoms with E-state index in [2.05, 4.69) is 0 Å². The fraction of sp³-hybridized carbons (Fsp3) is 0.833. The van der Waals surface area contributed by atoms with Gasteiger partial charge in [-0.15, -0.1) is 0 Å². The first-order valence-corrected chi connectivity index (χ1v) is 2.91. The van der Waals surface area contributed by atoms with Crippen molar-refractivity contribution in [2.45, 2.75) is 20.0 Å². The van der Waals surface area contributed by atoms with E-state index in [1.165, 1.54) is 13.8 Å². The van der Waals surface area contributed by atoms with Crippen LogP contribution in [0.25, 0.3) is 0 Å². The number of hydrogen-bond acceptors (Lipinski definition) is 4. The van der Waals surface area contributed by atoms with Crippen molar-refractivity contribution >= 4 is 5.97 Å². The molecular formula is C6H11NaO4. The van der Waals surface area contributed by atoms with Crippen LogP contribution < -0.4 is 34.7 Å². The Kier molecular flexibility index (Phi) is 6.48. The molecule has 0 unspecified atom stereocenters. The molecule has 0 rings (SSSR count). The molecule has 0 bridgehead atoms. The molecule has 60 valence electrons. The molecule has 0 aromatic carbocycles. The molecule has 11 heavy (non-hydrogen) atoms. The molecule has 0 heterocycles.